The van der Waals surface area contributed by atoms with E-state index in [1.807, 2.05) is 66.7 Å². The molecule has 5 rings (SSSR count). The van der Waals surface area contributed by atoms with Crippen LogP contribution in [0.15, 0.2) is 89.9 Å². The van der Waals surface area contributed by atoms with Crippen molar-refractivity contribution in [3.63, 3.8) is 0 Å². The van der Waals surface area contributed by atoms with Crippen molar-refractivity contribution in [2.45, 2.75) is 0 Å². The summed E-state index contributed by atoms with van der Waals surface area (Å²) in [5.74, 6) is 0.545. The standard InChI is InChI=1S/C23H14ClIN4O/c24-16-8-12-18(13-9-16)28-21(15-6-10-17(25)11-7-15)27-22-20(23(28)30)14-26-29(22)19-4-2-1-3-5-19/h1-14H. The van der Waals surface area contributed by atoms with Crippen molar-refractivity contribution in [3.8, 4) is 22.8 Å². The Kier molecular flexibility index (Phi) is 4.88. The number of benzene rings is 3. The molecule has 0 aliphatic carbocycles. The van der Waals surface area contributed by atoms with E-state index in [0.29, 0.717) is 27.6 Å². The van der Waals surface area contributed by atoms with E-state index in [4.69, 9.17) is 16.6 Å². The van der Waals surface area contributed by atoms with Crippen molar-refractivity contribution in [2.75, 3.05) is 0 Å². The van der Waals surface area contributed by atoms with Crippen LogP contribution in [-0.4, -0.2) is 19.3 Å². The summed E-state index contributed by atoms with van der Waals surface area (Å²) in [5, 5.41) is 5.50. The minimum absolute atomic E-state index is 0.182. The molecule has 3 aromatic carbocycles. The van der Waals surface area contributed by atoms with Gasteiger partial charge in [0.05, 0.1) is 17.6 Å². The zero-order valence-corrected chi connectivity index (χ0v) is 18.4. The van der Waals surface area contributed by atoms with Crippen molar-refractivity contribution in [2.24, 2.45) is 0 Å². The lowest BCUT2D eigenvalue weighted by atomic mass is 10.2. The van der Waals surface area contributed by atoms with Gasteiger partial charge in [-0.2, -0.15) is 5.10 Å². The van der Waals surface area contributed by atoms with Crippen LogP contribution in [0, 0.1) is 3.57 Å². The van der Waals surface area contributed by atoms with E-state index in [9.17, 15) is 4.79 Å². The van der Waals surface area contributed by atoms with Crippen LogP contribution in [0.2, 0.25) is 5.02 Å². The summed E-state index contributed by atoms with van der Waals surface area (Å²) in [6.45, 7) is 0. The molecule has 0 aliphatic rings. The number of halogens is 2. The molecular weight excluding hydrogens is 511 g/mol. The second kappa shape index (κ2) is 7.70. The summed E-state index contributed by atoms with van der Waals surface area (Å²) in [5.41, 5.74) is 2.71. The predicted octanol–water partition coefficient (Wildman–Crippen LogP) is 5.50. The maximum atomic E-state index is 13.6. The van der Waals surface area contributed by atoms with Crippen LogP contribution in [0.25, 0.3) is 33.8 Å². The molecule has 0 saturated carbocycles. The normalized spacial score (nSPS) is 11.1. The molecule has 2 heterocycles. The topological polar surface area (TPSA) is 52.7 Å². The Hall–Kier alpha value is -2.97. The van der Waals surface area contributed by atoms with E-state index in [1.54, 1.807) is 27.6 Å². The summed E-state index contributed by atoms with van der Waals surface area (Å²) in [6, 6.07) is 24.7. The average Bonchev–Trinajstić information content (AvgIpc) is 3.20. The van der Waals surface area contributed by atoms with Crippen LogP contribution < -0.4 is 5.56 Å². The third-order valence-corrected chi connectivity index (χ3v) is 5.76. The predicted molar refractivity (Wildman–Crippen MR) is 128 cm³/mol. The molecule has 0 fully saturated rings. The number of hydrogen-bond acceptors (Lipinski definition) is 3. The maximum absolute atomic E-state index is 13.6. The van der Waals surface area contributed by atoms with Gasteiger partial charge in [0.2, 0.25) is 0 Å². The van der Waals surface area contributed by atoms with E-state index >= 15 is 0 Å². The number of hydrogen-bond donors (Lipinski definition) is 0. The van der Waals surface area contributed by atoms with Crippen molar-refractivity contribution < 1.29 is 0 Å². The van der Waals surface area contributed by atoms with E-state index in [1.165, 1.54) is 0 Å². The lowest BCUT2D eigenvalue weighted by molar-refractivity contribution is 0.888. The molecular formula is C23H14ClIN4O. The van der Waals surface area contributed by atoms with Gasteiger partial charge in [-0.1, -0.05) is 41.9 Å². The molecule has 0 radical (unpaired) electrons. The van der Waals surface area contributed by atoms with Gasteiger partial charge in [0, 0.05) is 14.2 Å². The number of aromatic nitrogens is 4. The molecule has 5 aromatic rings. The highest BCUT2D eigenvalue weighted by Crippen LogP contribution is 2.25. The highest BCUT2D eigenvalue weighted by Gasteiger charge is 2.18. The van der Waals surface area contributed by atoms with Gasteiger partial charge in [-0.05, 0) is 71.1 Å². The first-order valence-electron chi connectivity index (χ1n) is 9.20. The Morgan fingerprint density at radius 2 is 1.53 bits per heavy atom. The Morgan fingerprint density at radius 1 is 0.833 bits per heavy atom. The minimum Gasteiger partial charge on any atom is -0.268 e. The van der Waals surface area contributed by atoms with E-state index < -0.39 is 0 Å². The van der Waals surface area contributed by atoms with Crippen LogP contribution in [0.4, 0.5) is 0 Å². The quantitative estimate of drug-likeness (QED) is 0.293. The summed E-state index contributed by atoms with van der Waals surface area (Å²) < 4.78 is 4.41. The number of fused-ring (bicyclic) bond motifs is 1. The number of nitrogens with zero attached hydrogens (tertiary/aromatic N) is 4. The Bertz CT molecular complexity index is 1410. The van der Waals surface area contributed by atoms with Crippen LogP contribution >= 0.6 is 34.2 Å². The van der Waals surface area contributed by atoms with Crippen molar-refractivity contribution in [1.29, 1.82) is 0 Å². The molecule has 30 heavy (non-hydrogen) atoms. The van der Waals surface area contributed by atoms with Gasteiger partial charge in [-0.25, -0.2) is 9.67 Å². The Morgan fingerprint density at radius 3 is 2.23 bits per heavy atom. The largest absolute Gasteiger partial charge is 0.269 e. The molecule has 5 nitrogen and oxygen atoms in total. The molecule has 0 saturated heterocycles. The van der Waals surface area contributed by atoms with E-state index in [0.717, 1.165) is 14.8 Å². The van der Waals surface area contributed by atoms with Crippen molar-refractivity contribution in [3.05, 3.63) is 104 Å². The van der Waals surface area contributed by atoms with Crippen LogP contribution in [0.1, 0.15) is 0 Å². The van der Waals surface area contributed by atoms with Gasteiger partial charge < -0.3 is 0 Å². The molecule has 0 bridgehead atoms. The highest BCUT2D eigenvalue weighted by atomic mass is 127. The molecule has 0 N–H and O–H groups in total. The van der Waals surface area contributed by atoms with Gasteiger partial charge in [0.1, 0.15) is 11.2 Å². The van der Waals surface area contributed by atoms with Gasteiger partial charge in [0.25, 0.3) is 5.56 Å². The van der Waals surface area contributed by atoms with E-state index in [-0.39, 0.29) is 5.56 Å². The van der Waals surface area contributed by atoms with Crippen LogP contribution in [0.3, 0.4) is 0 Å². The molecule has 0 aliphatic heterocycles. The molecule has 0 unspecified atom stereocenters. The smallest absolute Gasteiger partial charge is 0.268 e. The maximum Gasteiger partial charge on any atom is 0.269 e. The lowest BCUT2D eigenvalue weighted by Crippen LogP contribution is -2.22. The highest BCUT2D eigenvalue weighted by molar-refractivity contribution is 14.1. The molecule has 7 heteroatoms. The fourth-order valence-electron chi connectivity index (χ4n) is 3.35. The average molecular weight is 525 g/mol. The first-order valence-corrected chi connectivity index (χ1v) is 10.7. The van der Waals surface area contributed by atoms with Crippen molar-refractivity contribution in [1.82, 2.24) is 19.3 Å². The Labute approximate surface area is 190 Å². The Balaban J connectivity index is 1.85. The second-order valence-electron chi connectivity index (χ2n) is 6.69. The molecule has 0 amide bonds. The minimum atomic E-state index is -0.182. The number of rotatable bonds is 3. The van der Waals surface area contributed by atoms with Crippen LogP contribution in [0.5, 0.6) is 0 Å². The van der Waals surface area contributed by atoms with Gasteiger partial charge >= 0.3 is 0 Å². The first kappa shape index (κ1) is 19.0. The van der Waals surface area contributed by atoms with Gasteiger partial charge in [0.15, 0.2) is 5.65 Å². The molecule has 2 aromatic heterocycles. The van der Waals surface area contributed by atoms with Crippen molar-refractivity contribution >= 4 is 45.2 Å². The summed E-state index contributed by atoms with van der Waals surface area (Å²) >= 11 is 8.32. The van der Waals surface area contributed by atoms with Crippen LogP contribution in [-0.2, 0) is 0 Å². The zero-order valence-electron chi connectivity index (χ0n) is 15.5. The number of para-hydroxylation sites is 1. The van der Waals surface area contributed by atoms with Gasteiger partial charge in [-0.15, -0.1) is 0 Å². The van der Waals surface area contributed by atoms with E-state index in [2.05, 4.69) is 27.7 Å². The monoisotopic (exact) mass is 524 g/mol. The first-order chi connectivity index (χ1) is 14.6. The zero-order chi connectivity index (χ0) is 20.7. The fraction of sp³-hybridized carbons (Fsp3) is 0. The van der Waals surface area contributed by atoms with Gasteiger partial charge in [-0.3, -0.25) is 9.36 Å². The molecule has 0 spiro atoms. The molecule has 146 valence electrons. The lowest BCUT2D eigenvalue weighted by Gasteiger charge is -2.13. The summed E-state index contributed by atoms with van der Waals surface area (Å²) in [4.78, 5) is 18.5. The third kappa shape index (κ3) is 3.32. The summed E-state index contributed by atoms with van der Waals surface area (Å²) in [7, 11) is 0. The fourth-order valence-corrected chi connectivity index (χ4v) is 3.83. The second-order valence-corrected chi connectivity index (χ2v) is 8.37. The SMILES string of the molecule is O=c1c2cnn(-c3ccccc3)c2nc(-c2ccc(I)cc2)n1-c1ccc(Cl)cc1. The molecule has 0 atom stereocenters. The summed E-state index contributed by atoms with van der Waals surface area (Å²) in [6.07, 6.45) is 1.57. The third-order valence-electron chi connectivity index (χ3n) is 4.79.